The van der Waals surface area contributed by atoms with Gasteiger partial charge in [0.15, 0.2) is 0 Å². The Hall–Kier alpha value is -2.43. The van der Waals surface area contributed by atoms with Gasteiger partial charge < -0.3 is 4.74 Å². The van der Waals surface area contributed by atoms with Crippen LogP contribution in [0.25, 0.3) is 0 Å². The first-order chi connectivity index (χ1) is 9.24. The van der Waals surface area contributed by atoms with E-state index in [1.54, 1.807) is 0 Å². The molecule has 0 saturated heterocycles. The van der Waals surface area contributed by atoms with E-state index in [1.165, 1.54) is 29.5 Å². The van der Waals surface area contributed by atoms with Gasteiger partial charge in [-0.2, -0.15) is 0 Å². The fourth-order valence-corrected chi connectivity index (χ4v) is 2.32. The Bertz CT molecular complexity index is 640. The third-order valence-corrected chi connectivity index (χ3v) is 3.23. The number of aromatic nitrogens is 1. The molecule has 1 aliphatic rings. The summed E-state index contributed by atoms with van der Waals surface area (Å²) in [4.78, 5) is 14.3. The zero-order chi connectivity index (χ0) is 13.2. The Morgan fingerprint density at radius 1 is 1.21 bits per heavy atom. The van der Waals surface area contributed by atoms with Crippen LogP contribution in [0.1, 0.15) is 17.5 Å². The average molecular weight is 256 g/mol. The maximum Gasteiger partial charge on any atom is 0.331 e. The topological polar surface area (TPSA) is 65.3 Å². The molecule has 96 valence electrons. The van der Waals surface area contributed by atoms with E-state index in [2.05, 4.69) is 4.98 Å². The van der Waals surface area contributed by atoms with Crippen molar-refractivity contribution in [3.8, 4) is 11.6 Å². The zero-order valence-corrected chi connectivity index (χ0v) is 10.2. The second-order valence-corrected chi connectivity index (χ2v) is 4.47. The van der Waals surface area contributed by atoms with Gasteiger partial charge in [0.25, 0.3) is 5.88 Å². The van der Waals surface area contributed by atoms with E-state index in [0.29, 0.717) is 5.75 Å². The molecule has 0 spiro atoms. The number of nitro groups is 1. The molecule has 0 amide bonds. The number of hydrogen-bond acceptors (Lipinski definition) is 4. The first kappa shape index (κ1) is 11.6. The minimum atomic E-state index is -0.490. The van der Waals surface area contributed by atoms with Crippen LogP contribution < -0.4 is 4.74 Å². The minimum Gasteiger partial charge on any atom is -0.434 e. The van der Waals surface area contributed by atoms with Gasteiger partial charge in [-0.15, -0.1) is 0 Å². The van der Waals surface area contributed by atoms with Gasteiger partial charge in [-0.05, 0) is 48.6 Å². The standard InChI is InChI=1S/C14H12N2O3/c17-16(18)13-5-2-8-15-14(13)19-12-7-6-10-3-1-4-11(10)9-12/h2,5-9H,1,3-4H2. The molecule has 1 aliphatic carbocycles. The summed E-state index contributed by atoms with van der Waals surface area (Å²) >= 11 is 0. The van der Waals surface area contributed by atoms with Gasteiger partial charge in [0, 0.05) is 12.3 Å². The molecule has 1 heterocycles. The fraction of sp³-hybridized carbons (Fsp3) is 0.214. The Morgan fingerprint density at radius 2 is 2.05 bits per heavy atom. The second-order valence-electron chi connectivity index (χ2n) is 4.47. The van der Waals surface area contributed by atoms with Crippen molar-refractivity contribution in [2.24, 2.45) is 0 Å². The van der Waals surface area contributed by atoms with Crippen LogP contribution in [0.3, 0.4) is 0 Å². The number of fused-ring (bicyclic) bond motifs is 1. The number of nitrogens with zero attached hydrogens (tertiary/aromatic N) is 2. The monoisotopic (exact) mass is 256 g/mol. The zero-order valence-electron chi connectivity index (χ0n) is 10.2. The van der Waals surface area contributed by atoms with Crippen LogP contribution in [-0.4, -0.2) is 9.91 Å². The van der Waals surface area contributed by atoms with Crippen LogP contribution >= 0.6 is 0 Å². The number of hydrogen-bond donors (Lipinski definition) is 0. The number of ether oxygens (including phenoxy) is 1. The molecule has 0 fully saturated rings. The lowest BCUT2D eigenvalue weighted by atomic mass is 10.1. The molecule has 0 N–H and O–H groups in total. The second kappa shape index (κ2) is 4.68. The van der Waals surface area contributed by atoms with Crippen molar-refractivity contribution < 1.29 is 9.66 Å². The number of benzene rings is 1. The number of aryl methyl sites for hydroxylation is 2. The number of pyridine rings is 1. The highest BCUT2D eigenvalue weighted by atomic mass is 16.6. The van der Waals surface area contributed by atoms with Crippen molar-refractivity contribution in [1.82, 2.24) is 4.98 Å². The van der Waals surface area contributed by atoms with Crippen molar-refractivity contribution >= 4 is 5.69 Å². The largest absolute Gasteiger partial charge is 0.434 e. The van der Waals surface area contributed by atoms with E-state index >= 15 is 0 Å². The van der Waals surface area contributed by atoms with Gasteiger partial charge >= 0.3 is 5.69 Å². The summed E-state index contributed by atoms with van der Waals surface area (Å²) in [7, 11) is 0. The summed E-state index contributed by atoms with van der Waals surface area (Å²) in [5.41, 5.74) is 2.47. The van der Waals surface area contributed by atoms with E-state index in [-0.39, 0.29) is 11.6 Å². The molecule has 1 aromatic carbocycles. The molecule has 0 atom stereocenters. The van der Waals surface area contributed by atoms with E-state index < -0.39 is 4.92 Å². The number of rotatable bonds is 3. The van der Waals surface area contributed by atoms with Crippen molar-refractivity contribution in [2.45, 2.75) is 19.3 Å². The average Bonchev–Trinajstić information content (AvgIpc) is 2.86. The lowest BCUT2D eigenvalue weighted by Gasteiger charge is -2.06. The van der Waals surface area contributed by atoms with Gasteiger partial charge in [-0.25, -0.2) is 4.98 Å². The highest BCUT2D eigenvalue weighted by Crippen LogP contribution is 2.31. The Balaban J connectivity index is 1.91. The summed E-state index contributed by atoms with van der Waals surface area (Å²) < 4.78 is 5.54. The van der Waals surface area contributed by atoms with Crippen molar-refractivity contribution in [2.75, 3.05) is 0 Å². The molecule has 5 nitrogen and oxygen atoms in total. The van der Waals surface area contributed by atoms with E-state index in [0.717, 1.165) is 19.3 Å². The van der Waals surface area contributed by atoms with E-state index in [1.807, 2.05) is 18.2 Å². The van der Waals surface area contributed by atoms with E-state index in [9.17, 15) is 10.1 Å². The van der Waals surface area contributed by atoms with Gasteiger partial charge in [-0.1, -0.05) is 6.07 Å². The first-order valence-corrected chi connectivity index (χ1v) is 6.13. The van der Waals surface area contributed by atoms with Gasteiger partial charge in [0.1, 0.15) is 5.75 Å². The van der Waals surface area contributed by atoms with Gasteiger partial charge in [0.05, 0.1) is 4.92 Å². The quantitative estimate of drug-likeness (QED) is 0.624. The molecule has 0 saturated carbocycles. The van der Waals surface area contributed by atoms with Crippen LogP contribution in [0, 0.1) is 10.1 Å². The maximum absolute atomic E-state index is 10.9. The smallest absolute Gasteiger partial charge is 0.331 e. The van der Waals surface area contributed by atoms with Crippen molar-refractivity contribution in [3.05, 3.63) is 57.8 Å². The predicted molar refractivity (Wildman–Crippen MR) is 69.4 cm³/mol. The third kappa shape index (κ3) is 2.27. The lowest BCUT2D eigenvalue weighted by Crippen LogP contribution is -1.96. The Morgan fingerprint density at radius 3 is 2.89 bits per heavy atom. The Kier molecular flexibility index (Phi) is 2.87. The molecular formula is C14H12N2O3. The summed E-state index contributed by atoms with van der Waals surface area (Å²) in [6.07, 6.45) is 4.77. The Labute approximate surface area is 110 Å². The summed E-state index contributed by atoms with van der Waals surface area (Å²) in [5.74, 6) is 0.632. The molecule has 0 aliphatic heterocycles. The molecule has 5 heteroatoms. The molecule has 0 bridgehead atoms. The SMILES string of the molecule is O=[N+]([O-])c1cccnc1Oc1ccc2c(c1)CCC2. The molecule has 2 aromatic rings. The van der Waals surface area contributed by atoms with Gasteiger partial charge in [-0.3, -0.25) is 10.1 Å². The first-order valence-electron chi connectivity index (χ1n) is 6.13. The highest BCUT2D eigenvalue weighted by molar-refractivity contribution is 5.45. The molecule has 1 aromatic heterocycles. The molecular weight excluding hydrogens is 244 g/mol. The molecule has 0 radical (unpaired) electrons. The highest BCUT2D eigenvalue weighted by Gasteiger charge is 2.17. The van der Waals surface area contributed by atoms with E-state index in [4.69, 9.17) is 4.74 Å². The molecule has 0 unspecified atom stereocenters. The van der Waals surface area contributed by atoms with Crippen LogP contribution in [-0.2, 0) is 12.8 Å². The minimum absolute atomic E-state index is 0.0328. The van der Waals surface area contributed by atoms with Crippen molar-refractivity contribution in [1.29, 1.82) is 0 Å². The summed E-state index contributed by atoms with van der Waals surface area (Å²) in [6, 6.07) is 8.71. The summed E-state index contributed by atoms with van der Waals surface area (Å²) in [6.45, 7) is 0. The predicted octanol–water partition coefficient (Wildman–Crippen LogP) is 3.27. The van der Waals surface area contributed by atoms with Crippen LogP contribution in [0.4, 0.5) is 5.69 Å². The van der Waals surface area contributed by atoms with Crippen LogP contribution in [0.15, 0.2) is 36.5 Å². The fourth-order valence-electron chi connectivity index (χ4n) is 2.32. The molecule has 19 heavy (non-hydrogen) atoms. The third-order valence-electron chi connectivity index (χ3n) is 3.23. The lowest BCUT2D eigenvalue weighted by molar-refractivity contribution is -0.386. The maximum atomic E-state index is 10.9. The van der Waals surface area contributed by atoms with Crippen molar-refractivity contribution in [3.63, 3.8) is 0 Å². The van der Waals surface area contributed by atoms with Crippen LogP contribution in [0.2, 0.25) is 0 Å². The van der Waals surface area contributed by atoms with Crippen LogP contribution in [0.5, 0.6) is 11.6 Å². The normalized spacial score (nSPS) is 13.1. The van der Waals surface area contributed by atoms with Gasteiger partial charge in [0.2, 0.25) is 0 Å². The summed E-state index contributed by atoms with van der Waals surface area (Å²) in [5, 5.41) is 10.9. The molecule has 3 rings (SSSR count).